The molecular formula is C18H24N8O. The summed E-state index contributed by atoms with van der Waals surface area (Å²) in [6.45, 7) is 5.42. The van der Waals surface area contributed by atoms with Gasteiger partial charge in [-0.25, -0.2) is 9.97 Å². The van der Waals surface area contributed by atoms with E-state index in [0.29, 0.717) is 12.4 Å². The van der Waals surface area contributed by atoms with Gasteiger partial charge in [-0.1, -0.05) is 13.8 Å². The van der Waals surface area contributed by atoms with Crippen LogP contribution in [0.3, 0.4) is 0 Å². The van der Waals surface area contributed by atoms with Crippen LogP contribution in [0.1, 0.15) is 31.9 Å². The van der Waals surface area contributed by atoms with Gasteiger partial charge in [-0.05, 0) is 18.4 Å². The van der Waals surface area contributed by atoms with Crippen LogP contribution in [0.25, 0.3) is 11.0 Å². The smallest absolute Gasteiger partial charge is 0.245 e. The van der Waals surface area contributed by atoms with Gasteiger partial charge in [0, 0.05) is 26.2 Å². The van der Waals surface area contributed by atoms with Crippen molar-refractivity contribution in [2.24, 2.45) is 5.92 Å². The van der Waals surface area contributed by atoms with Crippen LogP contribution in [0.5, 0.6) is 0 Å². The molecule has 9 nitrogen and oxygen atoms in total. The summed E-state index contributed by atoms with van der Waals surface area (Å²) >= 11 is 0. The highest BCUT2D eigenvalue weighted by atomic mass is 16.2. The van der Waals surface area contributed by atoms with Crippen LogP contribution in [0, 0.1) is 5.92 Å². The maximum absolute atomic E-state index is 13.1. The molecule has 2 N–H and O–H groups in total. The molecule has 1 atom stereocenters. The largest absolute Gasteiger partial charge is 0.358 e. The highest BCUT2D eigenvalue weighted by Gasteiger charge is 2.28. The van der Waals surface area contributed by atoms with Gasteiger partial charge in [0.05, 0.1) is 11.9 Å². The van der Waals surface area contributed by atoms with Gasteiger partial charge in [0.15, 0.2) is 5.82 Å². The van der Waals surface area contributed by atoms with Crippen LogP contribution >= 0.6 is 0 Å². The first-order chi connectivity index (χ1) is 13.0. The lowest BCUT2D eigenvalue weighted by Crippen LogP contribution is -2.44. The number of fused-ring (bicyclic) bond motifs is 2. The van der Waals surface area contributed by atoms with Crippen molar-refractivity contribution in [3.8, 4) is 0 Å². The van der Waals surface area contributed by atoms with Crippen molar-refractivity contribution in [2.45, 2.75) is 45.8 Å². The molecule has 1 aliphatic rings. The number of amides is 1. The average molecular weight is 368 g/mol. The quantitative estimate of drug-likeness (QED) is 0.685. The number of carbonyl (C=O) groups excluding carboxylic acids is 1. The normalized spacial score (nSPS) is 14.5. The Morgan fingerprint density at radius 2 is 2.22 bits per heavy atom. The SMILES string of the molecule is CC(C)[C@@H](Nc1ncnc2[nH]ccc12)C(=O)N(C)Cc1nnc2n1CCC2. The lowest BCUT2D eigenvalue weighted by Gasteiger charge is -2.27. The van der Waals surface area contributed by atoms with E-state index in [2.05, 4.69) is 35.0 Å². The molecule has 0 saturated carbocycles. The molecule has 0 aliphatic carbocycles. The van der Waals surface area contributed by atoms with Crippen LogP contribution in [-0.2, 0) is 24.3 Å². The number of aryl methyl sites for hydroxylation is 1. The molecular weight excluding hydrogens is 344 g/mol. The molecule has 0 radical (unpaired) electrons. The van der Waals surface area contributed by atoms with Gasteiger partial charge in [-0.2, -0.15) is 0 Å². The molecule has 3 aromatic heterocycles. The fourth-order valence-electron chi connectivity index (χ4n) is 3.50. The molecule has 0 spiro atoms. The summed E-state index contributed by atoms with van der Waals surface area (Å²) in [6.07, 6.45) is 5.36. The maximum Gasteiger partial charge on any atom is 0.245 e. The Bertz CT molecular complexity index is 959. The summed E-state index contributed by atoms with van der Waals surface area (Å²) in [5.74, 6) is 2.61. The van der Waals surface area contributed by atoms with Crippen molar-refractivity contribution in [3.63, 3.8) is 0 Å². The zero-order valence-corrected chi connectivity index (χ0v) is 15.8. The Hall–Kier alpha value is -2.97. The van der Waals surface area contributed by atoms with Crippen LogP contribution in [0.15, 0.2) is 18.6 Å². The van der Waals surface area contributed by atoms with Gasteiger partial charge in [0.25, 0.3) is 0 Å². The average Bonchev–Trinajstić information content (AvgIpc) is 3.36. The highest BCUT2D eigenvalue weighted by molar-refractivity contribution is 5.90. The minimum absolute atomic E-state index is 0.00245. The number of rotatable bonds is 6. The van der Waals surface area contributed by atoms with Crippen LogP contribution in [0.2, 0.25) is 0 Å². The zero-order valence-electron chi connectivity index (χ0n) is 15.8. The van der Waals surface area contributed by atoms with E-state index in [-0.39, 0.29) is 11.8 Å². The molecule has 0 aromatic carbocycles. The Labute approximate surface area is 157 Å². The fraction of sp³-hybridized carbons (Fsp3) is 0.500. The number of hydrogen-bond donors (Lipinski definition) is 2. The van der Waals surface area contributed by atoms with Crippen molar-refractivity contribution in [1.29, 1.82) is 0 Å². The number of carbonyl (C=O) groups is 1. The number of aromatic amines is 1. The molecule has 0 unspecified atom stereocenters. The van der Waals surface area contributed by atoms with E-state index in [0.717, 1.165) is 42.1 Å². The molecule has 4 rings (SSSR count). The minimum atomic E-state index is -0.399. The summed E-state index contributed by atoms with van der Waals surface area (Å²) < 4.78 is 2.12. The summed E-state index contributed by atoms with van der Waals surface area (Å²) in [4.78, 5) is 26.4. The topological polar surface area (TPSA) is 105 Å². The van der Waals surface area contributed by atoms with E-state index >= 15 is 0 Å². The van der Waals surface area contributed by atoms with Gasteiger partial charge in [0.1, 0.15) is 29.7 Å². The molecule has 9 heteroatoms. The summed E-state index contributed by atoms with van der Waals surface area (Å²) in [5, 5.41) is 12.7. The Kier molecular flexibility index (Phi) is 4.51. The van der Waals surface area contributed by atoms with Gasteiger partial charge in [-0.3, -0.25) is 4.79 Å². The molecule has 0 bridgehead atoms. The monoisotopic (exact) mass is 368 g/mol. The molecule has 0 saturated heterocycles. The number of H-pyrrole nitrogens is 1. The van der Waals surface area contributed by atoms with Crippen molar-refractivity contribution in [3.05, 3.63) is 30.2 Å². The number of nitrogens with one attached hydrogen (secondary N) is 2. The first kappa shape index (κ1) is 17.4. The second-order valence-electron chi connectivity index (χ2n) is 7.31. The van der Waals surface area contributed by atoms with E-state index in [9.17, 15) is 4.79 Å². The first-order valence-corrected chi connectivity index (χ1v) is 9.25. The standard InChI is InChI=1S/C18H24N8O/c1-11(2)15(22-17-12-6-7-19-16(12)20-10-21-17)18(27)25(3)9-14-24-23-13-5-4-8-26(13)14/h6-7,10-11,15H,4-5,8-9H2,1-3H3,(H2,19,20,21,22)/t15-/m1/s1. The molecule has 27 heavy (non-hydrogen) atoms. The Balaban J connectivity index is 1.52. The molecule has 3 aromatic rings. The minimum Gasteiger partial charge on any atom is -0.358 e. The molecule has 4 heterocycles. The number of aromatic nitrogens is 6. The van der Waals surface area contributed by atoms with Crippen molar-refractivity contribution in [1.82, 2.24) is 34.6 Å². The zero-order chi connectivity index (χ0) is 19.0. The van der Waals surface area contributed by atoms with Crippen LogP contribution < -0.4 is 5.32 Å². The number of hydrogen-bond acceptors (Lipinski definition) is 6. The van der Waals surface area contributed by atoms with E-state index in [4.69, 9.17) is 0 Å². The van der Waals surface area contributed by atoms with E-state index < -0.39 is 6.04 Å². The van der Waals surface area contributed by atoms with Gasteiger partial charge in [0.2, 0.25) is 5.91 Å². The second kappa shape index (κ2) is 6.98. The van der Waals surface area contributed by atoms with E-state index in [1.807, 2.05) is 33.2 Å². The van der Waals surface area contributed by atoms with E-state index in [1.54, 1.807) is 4.90 Å². The predicted molar refractivity (Wildman–Crippen MR) is 101 cm³/mol. The third-order valence-corrected chi connectivity index (χ3v) is 5.02. The first-order valence-electron chi connectivity index (χ1n) is 9.25. The van der Waals surface area contributed by atoms with E-state index in [1.165, 1.54) is 6.33 Å². The summed E-state index contributed by atoms with van der Waals surface area (Å²) in [5.41, 5.74) is 0.745. The molecule has 142 valence electrons. The van der Waals surface area contributed by atoms with Gasteiger partial charge < -0.3 is 19.8 Å². The van der Waals surface area contributed by atoms with Gasteiger partial charge in [-0.15, -0.1) is 10.2 Å². The highest BCUT2D eigenvalue weighted by Crippen LogP contribution is 2.21. The number of anilines is 1. The van der Waals surface area contributed by atoms with Crippen molar-refractivity contribution in [2.75, 3.05) is 12.4 Å². The molecule has 1 amide bonds. The second-order valence-corrected chi connectivity index (χ2v) is 7.31. The third-order valence-electron chi connectivity index (χ3n) is 5.02. The van der Waals surface area contributed by atoms with Crippen LogP contribution in [0.4, 0.5) is 5.82 Å². The van der Waals surface area contributed by atoms with Crippen molar-refractivity contribution >= 4 is 22.8 Å². The maximum atomic E-state index is 13.1. The number of nitrogens with zero attached hydrogens (tertiary/aromatic N) is 6. The number of likely N-dealkylation sites (N-methyl/N-ethyl adjacent to an activating group) is 1. The predicted octanol–water partition coefficient (Wildman–Crippen LogP) is 1.59. The van der Waals surface area contributed by atoms with Gasteiger partial charge >= 0.3 is 0 Å². The molecule has 1 aliphatic heterocycles. The lowest BCUT2D eigenvalue weighted by atomic mass is 10.0. The van der Waals surface area contributed by atoms with Crippen molar-refractivity contribution < 1.29 is 4.79 Å². The Morgan fingerprint density at radius 1 is 1.37 bits per heavy atom. The Morgan fingerprint density at radius 3 is 3.04 bits per heavy atom. The summed E-state index contributed by atoms with van der Waals surface area (Å²) in [6, 6.07) is 1.51. The summed E-state index contributed by atoms with van der Waals surface area (Å²) in [7, 11) is 1.81. The third kappa shape index (κ3) is 3.24. The van der Waals surface area contributed by atoms with Crippen LogP contribution in [-0.4, -0.2) is 53.6 Å². The molecule has 0 fully saturated rings. The lowest BCUT2D eigenvalue weighted by molar-refractivity contribution is -0.132. The fourth-order valence-corrected chi connectivity index (χ4v) is 3.50.